The zero-order chi connectivity index (χ0) is 10.4. The lowest BCUT2D eigenvalue weighted by Crippen LogP contribution is -1.96. The van der Waals surface area contributed by atoms with Gasteiger partial charge in [-0.2, -0.15) is 5.26 Å². The van der Waals surface area contributed by atoms with Crippen LogP contribution in [0.15, 0.2) is 18.2 Å². The van der Waals surface area contributed by atoms with Crippen molar-refractivity contribution in [3.05, 3.63) is 34.9 Å². The van der Waals surface area contributed by atoms with Crippen molar-refractivity contribution in [3.63, 3.8) is 0 Å². The molecule has 0 saturated carbocycles. The molecular formula is C13H17N. The van der Waals surface area contributed by atoms with Crippen molar-refractivity contribution in [1.82, 2.24) is 0 Å². The molecule has 14 heavy (non-hydrogen) atoms. The Kier molecular flexibility index (Phi) is 4.19. The van der Waals surface area contributed by atoms with Crippen molar-refractivity contribution >= 4 is 0 Å². The van der Waals surface area contributed by atoms with Gasteiger partial charge in [-0.25, -0.2) is 0 Å². The van der Waals surface area contributed by atoms with Crippen molar-refractivity contribution in [1.29, 1.82) is 5.26 Å². The van der Waals surface area contributed by atoms with Crippen molar-refractivity contribution in [2.24, 2.45) is 0 Å². The largest absolute Gasteiger partial charge is 0.192 e. The first-order valence-corrected chi connectivity index (χ1v) is 5.34. The highest BCUT2D eigenvalue weighted by Crippen LogP contribution is 2.17. The van der Waals surface area contributed by atoms with Gasteiger partial charge >= 0.3 is 0 Å². The predicted octanol–water partition coefficient (Wildman–Crippen LogP) is 3.46. The van der Waals surface area contributed by atoms with E-state index in [-0.39, 0.29) is 0 Å². The van der Waals surface area contributed by atoms with Gasteiger partial charge in [-0.1, -0.05) is 44.9 Å². The minimum Gasteiger partial charge on any atom is -0.192 e. The summed E-state index contributed by atoms with van der Waals surface area (Å²) in [5.74, 6) is 0. The van der Waals surface area contributed by atoms with E-state index >= 15 is 0 Å². The third kappa shape index (κ3) is 2.35. The molecular weight excluding hydrogens is 170 g/mol. The Morgan fingerprint density at radius 1 is 1.07 bits per heavy atom. The Balaban J connectivity index is 3.06. The van der Waals surface area contributed by atoms with Gasteiger partial charge in [0, 0.05) is 0 Å². The highest BCUT2D eigenvalue weighted by atomic mass is 14.3. The second kappa shape index (κ2) is 5.44. The van der Waals surface area contributed by atoms with Crippen LogP contribution >= 0.6 is 0 Å². The summed E-state index contributed by atoms with van der Waals surface area (Å²) in [4.78, 5) is 0. The molecule has 0 amide bonds. The zero-order valence-electron chi connectivity index (χ0n) is 9.01. The van der Waals surface area contributed by atoms with Crippen LogP contribution in [0.5, 0.6) is 0 Å². The summed E-state index contributed by atoms with van der Waals surface area (Å²) in [7, 11) is 0. The molecule has 0 saturated heterocycles. The third-order valence-electron chi connectivity index (χ3n) is 2.39. The quantitative estimate of drug-likeness (QED) is 0.708. The van der Waals surface area contributed by atoms with Crippen LogP contribution in [-0.4, -0.2) is 0 Å². The zero-order valence-corrected chi connectivity index (χ0v) is 9.01. The van der Waals surface area contributed by atoms with Gasteiger partial charge in [0.05, 0.1) is 11.6 Å². The number of hydrogen-bond donors (Lipinski definition) is 0. The Morgan fingerprint density at radius 3 is 1.93 bits per heavy atom. The molecule has 1 aromatic rings. The van der Waals surface area contributed by atoms with Gasteiger partial charge in [0.15, 0.2) is 0 Å². The molecule has 1 rings (SSSR count). The first-order valence-electron chi connectivity index (χ1n) is 5.34. The standard InChI is InChI=1S/C13H17N/c1-3-6-11-8-5-9-12(7-4-2)13(11)10-14/h5,8-9H,3-4,6-7H2,1-2H3. The summed E-state index contributed by atoms with van der Waals surface area (Å²) in [6, 6.07) is 8.54. The van der Waals surface area contributed by atoms with Gasteiger partial charge in [0.2, 0.25) is 0 Å². The smallest absolute Gasteiger partial charge is 0.0997 e. The van der Waals surface area contributed by atoms with E-state index in [1.165, 1.54) is 11.1 Å². The van der Waals surface area contributed by atoms with Gasteiger partial charge in [0.25, 0.3) is 0 Å². The van der Waals surface area contributed by atoms with E-state index in [1.807, 2.05) is 0 Å². The molecule has 0 aromatic heterocycles. The molecule has 0 bridgehead atoms. The number of aryl methyl sites for hydroxylation is 2. The van der Waals surface area contributed by atoms with Crippen molar-refractivity contribution in [2.75, 3.05) is 0 Å². The Bertz CT molecular complexity index is 309. The Labute approximate surface area is 86.4 Å². The van der Waals surface area contributed by atoms with Crippen LogP contribution in [0.3, 0.4) is 0 Å². The molecule has 0 atom stereocenters. The lowest BCUT2D eigenvalue weighted by molar-refractivity contribution is 0.889. The number of nitrogens with zero attached hydrogens (tertiary/aromatic N) is 1. The van der Waals surface area contributed by atoms with E-state index in [4.69, 9.17) is 5.26 Å². The number of hydrogen-bond acceptors (Lipinski definition) is 1. The minimum atomic E-state index is 0.913. The molecule has 0 heterocycles. The van der Waals surface area contributed by atoms with Crippen molar-refractivity contribution in [2.45, 2.75) is 39.5 Å². The third-order valence-corrected chi connectivity index (χ3v) is 2.39. The highest BCUT2D eigenvalue weighted by Gasteiger charge is 2.05. The minimum absolute atomic E-state index is 0.913. The topological polar surface area (TPSA) is 23.8 Å². The molecule has 0 aliphatic heterocycles. The van der Waals surface area contributed by atoms with Crippen LogP contribution in [0.4, 0.5) is 0 Å². The maximum Gasteiger partial charge on any atom is 0.0997 e. The molecule has 0 N–H and O–H groups in total. The van der Waals surface area contributed by atoms with Crippen LogP contribution in [0.1, 0.15) is 43.4 Å². The number of benzene rings is 1. The molecule has 0 aliphatic rings. The summed E-state index contributed by atoms with van der Waals surface area (Å²) in [5, 5.41) is 9.10. The lowest BCUT2D eigenvalue weighted by atomic mass is 9.96. The molecule has 0 unspecified atom stereocenters. The molecule has 1 aromatic carbocycles. The average molecular weight is 187 g/mol. The Morgan fingerprint density at radius 2 is 1.57 bits per heavy atom. The molecule has 0 spiro atoms. The molecule has 0 fully saturated rings. The fourth-order valence-electron chi connectivity index (χ4n) is 1.75. The summed E-state index contributed by atoms with van der Waals surface area (Å²) in [5.41, 5.74) is 3.33. The number of rotatable bonds is 4. The monoisotopic (exact) mass is 187 g/mol. The van der Waals surface area contributed by atoms with E-state index < -0.39 is 0 Å². The van der Waals surface area contributed by atoms with E-state index in [0.29, 0.717) is 0 Å². The van der Waals surface area contributed by atoms with Crippen LogP contribution < -0.4 is 0 Å². The van der Waals surface area contributed by atoms with Gasteiger partial charge in [-0.15, -0.1) is 0 Å². The van der Waals surface area contributed by atoms with E-state index in [1.54, 1.807) is 0 Å². The SMILES string of the molecule is CCCc1cccc(CCC)c1C#N. The first-order chi connectivity index (χ1) is 6.83. The van der Waals surface area contributed by atoms with Gasteiger partial charge in [-0.05, 0) is 24.0 Å². The van der Waals surface area contributed by atoms with Gasteiger partial charge in [0.1, 0.15) is 0 Å². The summed E-state index contributed by atoms with van der Waals surface area (Å²) < 4.78 is 0. The molecule has 0 aliphatic carbocycles. The summed E-state index contributed by atoms with van der Waals surface area (Å²) in [6.45, 7) is 4.29. The van der Waals surface area contributed by atoms with E-state index in [2.05, 4.69) is 38.1 Å². The second-order valence-corrected chi connectivity index (χ2v) is 3.56. The second-order valence-electron chi connectivity index (χ2n) is 3.56. The first kappa shape index (κ1) is 10.8. The van der Waals surface area contributed by atoms with Crippen LogP contribution in [0.2, 0.25) is 0 Å². The fourth-order valence-corrected chi connectivity index (χ4v) is 1.75. The maximum atomic E-state index is 9.10. The highest BCUT2D eigenvalue weighted by molar-refractivity contribution is 5.44. The normalized spacial score (nSPS) is 9.79. The Hall–Kier alpha value is -1.29. The number of nitriles is 1. The fraction of sp³-hybridized carbons (Fsp3) is 0.462. The van der Waals surface area contributed by atoms with Crippen LogP contribution in [0.25, 0.3) is 0 Å². The van der Waals surface area contributed by atoms with E-state index in [0.717, 1.165) is 31.2 Å². The average Bonchev–Trinajstić information content (AvgIpc) is 2.19. The molecule has 74 valence electrons. The van der Waals surface area contributed by atoms with Crippen molar-refractivity contribution in [3.8, 4) is 6.07 Å². The summed E-state index contributed by atoms with van der Waals surface area (Å²) >= 11 is 0. The van der Waals surface area contributed by atoms with Gasteiger partial charge < -0.3 is 0 Å². The van der Waals surface area contributed by atoms with Crippen LogP contribution in [0, 0.1) is 11.3 Å². The summed E-state index contributed by atoms with van der Waals surface area (Å²) in [6.07, 6.45) is 4.23. The van der Waals surface area contributed by atoms with E-state index in [9.17, 15) is 0 Å². The molecule has 1 heteroatoms. The van der Waals surface area contributed by atoms with Gasteiger partial charge in [-0.3, -0.25) is 0 Å². The van der Waals surface area contributed by atoms with Crippen molar-refractivity contribution < 1.29 is 0 Å². The van der Waals surface area contributed by atoms with Crippen LogP contribution in [-0.2, 0) is 12.8 Å². The lowest BCUT2D eigenvalue weighted by Gasteiger charge is -2.07. The maximum absolute atomic E-state index is 9.10. The molecule has 1 nitrogen and oxygen atoms in total. The molecule has 0 radical (unpaired) electrons. The predicted molar refractivity (Wildman–Crippen MR) is 59.1 cm³/mol.